The Morgan fingerprint density at radius 1 is 1.50 bits per heavy atom. The number of ether oxygens (including phenoxy) is 2. The van der Waals surface area contributed by atoms with Crippen molar-refractivity contribution in [2.75, 3.05) is 32.7 Å². The summed E-state index contributed by atoms with van der Waals surface area (Å²) < 4.78 is 9.85. The minimum Gasteiger partial charge on any atom is -0.465 e. The fraction of sp³-hybridized carbons (Fsp3) is 0.417. The Morgan fingerprint density at radius 2 is 2.31 bits per heavy atom. The highest BCUT2D eigenvalue weighted by Crippen LogP contribution is 2.32. The zero-order valence-electron chi connectivity index (χ0n) is 9.45. The molecule has 1 aromatic rings. The lowest BCUT2D eigenvalue weighted by Crippen LogP contribution is -2.08. The van der Waals surface area contributed by atoms with Crippen molar-refractivity contribution in [3.8, 4) is 0 Å². The summed E-state index contributed by atoms with van der Waals surface area (Å²) in [4.78, 5) is 11.4. The van der Waals surface area contributed by atoms with Crippen molar-refractivity contribution in [3.05, 3.63) is 29.3 Å². The van der Waals surface area contributed by atoms with Crippen LogP contribution in [0.1, 0.15) is 21.8 Å². The molecule has 0 aliphatic carbocycles. The molecule has 1 aliphatic rings. The van der Waals surface area contributed by atoms with E-state index in [1.807, 2.05) is 12.1 Å². The van der Waals surface area contributed by atoms with Crippen molar-refractivity contribution >= 4 is 11.7 Å². The van der Waals surface area contributed by atoms with Crippen molar-refractivity contribution < 1.29 is 14.3 Å². The first-order valence-electron chi connectivity index (χ1n) is 5.21. The number of hydrogen-bond donors (Lipinski definition) is 1. The number of esters is 1. The van der Waals surface area contributed by atoms with Gasteiger partial charge in [0.15, 0.2) is 0 Å². The van der Waals surface area contributed by atoms with E-state index >= 15 is 0 Å². The molecule has 2 rings (SSSR count). The van der Waals surface area contributed by atoms with Gasteiger partial charge in [-0.25, -0.2) is 4.79 Å². The molecule has 4 heteroatoms. The molecule has 0 fully saturated rings. The Bertz CT molecular complexity index is 401. The summed E-state index contributed by atoms with van der Waals surface area (Å²) in [6.45, 7) is 1.51. The standard InChI is InChI=1S/C12H15NO3/c1-15-7-9-6-13-11-4-3-8(5-10(9)11)12(14)16-2/h3-5,9,13H,6-7H2,1-2H3. The normalized spacial score (nSPS) is 17.8. The Labute approximate surface area is 94.6 Å². The molecule has 1 aliphatic heterocycles. The molecular formula is C12H15NO3. The van der Waals surface area contributed by atoms with Gasteiger partial charge in [-0.2, -0.15) is 0 Å². The molecule has 1 unspecified atom stereocenters. The van der Waals surface area contributed by atoms with E-state index in [9.17, 15) is 4.79 Å². The van der Waals surface area contributed by atoms with E-state index < -0.39 is 0 Å². The van der Waals surface area contributed by atoms with E-state index in [4.69, 9.17) is 9.47 Å². The first kappa shape index (κ1) is 11.0. The molecule has 0 aromatic heterocycles. The topological polar surface area (TPSA) is 47.6 Å². The second kappa shape index (κ2) is 4.53. The quantitative estimate of drug-likeness (QED) is 0.788. The van der Waals surface area contributed by atoms with Gasteiger partial charge in [-0.05, 0) is 23.8 Å². The molecule has 4 nitrogen and oxygen atoms in total. The predicted molar refractivity (Wildman–Crippen MR) is 60.9 cm³/mol. The minimum absolute atomic E-state index is 0.300. The van der Waals surface area contributed by atoms with Gasteiger partial charge >= 0.3 is 5.97 Å². The first-order valence-corrected chi connectivity index (χ1v) is 5.21. The van der Waals surface area contributed by atoms with Gasteiger partial charge < -0.3 is 14.8 Å². The van der Waals surface area contributed by atoms with Gasteiger partial charge in [0, 0.05) is 25.3 Å². The van der Waals surface area contributed by atoms with Gasteiger partial charge in [0.25, 0.3) is 0 Å². The zero-order valence-corrected chi connectivity index (χ0v) is 9.45. The van der Waals surface area contributed by atoms with E-state index in [-0.39, 0.29) is 5.97 Å². The molecule has 1 heterocycles. The van der Waals surface area contributed by atoms with Gasteiger partial charge in [-0.1, -0.05) is 0 Å². The SMILES string of the molecule is COCC1CNc2ccc(C(=O)OC)cc21. The number of hydrogen-bond acceptors (Lipinski definition) is 4. The number of carbonyl (C=O) groups excluding carboxylic acids is 1. The molecule has 16 heavy (non-hydrogen) atoms. The molecule has 1 aromatic carbocycles. The minimum atomic E-state index is -0.300. The summed E-state index contributed by atoms with van der Waals surface area (Å²) in [5, 5.41) is 3.29. The fourth-order valence-corrected chi connectivity index (χ4v) is 2.00. The summed E-state index contributed by atoms with van der Waals surface area (Å²) in [5.41, 5.74) is 2.80. The molecule has 0 saturated carbocycles. The van der Waals surface area contributed by atoms with Crippen molar-refractivity contribution in [1.82, 2.24) is 0 Å². The lowest BCUT2D eigenvalue weighted by molar-refractivity contribution is 0.0600. The number of fused-ring (bicyclic) bond motifs is 1. The van der Waals surface area contributed by atoms with Gasteiger partial charge in [-0.15, -0.1) is 0 Å². The van der Waals surface area contributed by atoms with E-state index in [2.05, 4.69) is 5.32 Å². The summed E-state index contributed by atoms with van der Waals surface area (Å²) in [6.07, 6.45) is 0. The average molecular weight is 221 g/mol. The summed E-state index contributed by atoms with van der Waals surface area (Å²) in [6, 6.07) is 5.56. The second-order valence-corrected chi connectivity index (χ2v) is 3.83. The highest BCUT2D eigenvalue weighted by molar-refractivity contribution is 5.90. The number of carbonyl (C=O) groups is 1. The van der Waals surface area contributed by atoms with Crippen LogP contribution in [0.25, 0.3) is 0 Å². The van der Waals surface area contributed by atoms with Crippen LogP contribution in [0.5, 0.6) is 0 Å². The van der Waals surface area contributed by atoms with E-state index in [0.29, 0.717) is 18.1 Å². The van der Waals surface area contributed by atoms with Crippen molar-refractivity contribution in [3.63, 3.8) is 0 Å². The third-order valence-corrected chi connectivity index (χ3v) is 2.82. The molecule has 1 atom stereocenters. The van der Waals surface area contributed by atoms with Crippen LogP contribution >= 0.6 is 0 Å². The molecule has 0 amide bonds. The van der Waals surface area contributed by atoms with Gasteiger partial charge in [0.2, 0.25) is 0 Å². The summed E-state index contributed by atoms with van der Waals surface area (Å²) >= 11 is 0. The van der Waals surface area contributed by atoms with E-state index in [0.717, 1.165) is 17.8 Å². The first-order chi connectivity index (χ1) is 7.76. The molecule has 0 bridgehead atoms. The molecule has 0 radical (unpaired) electrons. The van der Waals surface area contributed by atoms with Crippen LogP contribution in [0, 0.1) is 0 Å². The Balaban J connectivity index is 2.29. The maximum Gasteiger partial charge on any atom is 0.337 e. The number of rotatable bonds is 3. The highest BCUT2D eigenvalue weighted by atomic mass is 16.5. The van der Waals surface area contributed by atoms with Gasteiger partial charge in [-0.3, -0.25) is 0 Å². The van der Waals surface area contributed by atoms with Crippen LogP contribution in [-0.2, 0) is 9.47 Å². The third-order valence-electron chi connectivity index (χ3n) is 2.82. The smallest absolute Gasteiger partial charge is 0.337 e. The molecule has 86 valence electrons. The van der Waals surface area contributed by atoms with Crippen LogP contribution < -0.4 is 5.32 Å². The molecule has 0 spiro atoms. The number of benzene rings is 1. The van der Waals surface area contributed by atoms with Crippen LogP contribution in [0.15, 0.2) is 18.2 Å². The summed E-state index contributed by atoms with van der Waals surface area (Å²) in [5.74, 6) is 0.00970. The van der Waals surface area contributed by atoms with Crippen LogP contribution in [0.2, 0.25) is 0 Å². The Morgan fingerprint density at radius 3 is 3.00 bits per heavy atom. The average Bonchev–Trinajstić information content (AvgIpc) is 2.71. The van der Waals surface area contributed by atoms with Crippen molar-refractivity contribution in [1.29, 1.82) is 0 Å². The Kier molecular flexibility index (Phi) is 3.10. The fourth-order valence-electron chi connectivity index (χ4n) is 2.00. The monoisotopic (exact) mass is 221 g/mol. The van der Waals surface area contributed by atoms with Crippen molar-refractivity contribution in [2.45, 2.75) is 5.92 Å². The largest absolute Gasteiger partial charge is 0.465 e. The maximum absolute atomic E-state index is 11.4. The second-order valence-electron chi connectivity index (χ2n) is 3.83. The van der Waals surface area contributed by atoms with Crippen LogP contribution in [-0.4, -0.2) is 33.3 Å². The lowest BCUT2D eigenvalue weighted by atomic mass is 10.00. The van der Waals surface area contributed by atoms with E-state index in [1.165, 1.54) is 7.11 Å². The predicted octanol–water partition coefficient (Wildman–Crippen LogP) is 1.63. The lowest BCUT2D eigenvalue weighted by Gasteiger charge is -2.09. The molecule has 1 N–H and O–H groups in total. The maximum atomic E-state index is 11.4. The van der Waals surface area contributed by atoms with E-state index in [1.54, 1.807) is 13.2 Å². The number of anilines is 1. The summed E-state index contributed by atoms with van der Waals surface area (Å²) in [7, 11) is 3.07. The van der Waals surface area contributed by atoms with Gasteiger partial charge in [0.05, 0.1) is 19.3 Å². The zero-order chi connectivity index (χ0) is 11.5. The Hall–Kier alpha value is -1.55. The molecule has 0 saturated heterocycles. The van der Waals surface area contributed by atoms with Gasteiger partial charge in [0.1, 0.15) is 0 Å². The number of methoxy groups -OCH3 is 2. The van der Waals surface area contributed by atoms with Crippen LogP contribution in [0.3, 0.4) is 0 Å². The highest BCUT2D eigenvalue weighted by Gasteiger charge is 2.23. The molecular weight excluding hydrogens is 206 g/mol. The van der Waals surface area contributed by atoms with Crippen molar-refractivity contribution in [2.24, 2.45) is 0 Å². The van der Waals surface area contributed by atoms with Crippen LogP contribution in [0.4, 0.5) is 5.69 Å². The third kappa shape index (κ3) is 1.88. The number of nitrogens with one attached hydrogen (secondary N) is 1.